The molecule has 84 valence electrons. The van der Waals surface area contributed by atoms with Crippen LogP contribution in [-0.2, 0) is 4.79 Å². The minimum atomic E-state index is -0.709. The Morgan fingerprint density at radius 3 is 2.29 bits per heavy atom. The first-order chi connectivity index (χ1) is 6.50. The molecule has 0 heterocycles. The fourth-order valence-corrected chi connectivity index (χ4v) is 1.73. The summed E-state index contributed by atoms with van der Waals surface area (Å²) in [5.41, 5.74) is 0. The lowest BCUT2D eigenvalue weighted by molar-refractivity contribution is -0.144. The molecule has 1 N–H and O–H groups in total. The summed E-state index contributed by atoms with van der Waals surface area (Å²) in [5, 5.41) is 9.03. The lowest BCUT2D eigenvalue weighted by Crippen LogP contribution is -2.42. The molecule has 0 saturated heterocycles. The summed E-state index contributed by atoms with van der Waals surface area (Å²) in [6.07, 6.45) is 3.44. The Balaban J connectivity index is 4.02. The summed E-state index contributed by atoms with van der Waals surface area (Å²) in [5.74, 6) is -0.543. The van der Waals surface area contributed by atoms with Gasteiger partial charge in [0.05, 0.1) is 0 Å². The van der Waals surface area contributed by atoms with Gasteiger partial charge in [-0.05, 0) is 25.9 Å². The van der Waals surface area contributed by atoms with E-state index in [-0.39, 0.29) is 12.0 Å². The number of likely N-dealkylation sites (N-methyl/N-ethyl adjacent to an activating group) is 1. The molecule has 14 heavy (non-hydrogen) atoms. The molecule has 3 nitrogen and oxygen atoms in total. The molecule has 0 amide bonds. The van der Waals surface area contributed by atoms with Gasteiger partial charge in [0.25, 0.3) is 0 Å². The Kier molecular flexibility index (Phi) is 6.54. The van der Waals surface area contributed by atoms with Crippen LogP contribution >= 0.6 is 0 Å². The molecule has 0 rings (SSSR count). The van der Waals surface area contributed by atoms with Gasteiger partial charge in [0.15, 0.2) is 0 Å². The summed E-state index contributed by atoms with van der Waals surface area (Å²) in [7, 11) is 1.90. The second kappa shape index (κ2) is 6.82. The number of hydrogen-bond donors (Lipinski definition) is 1. The number of aliphatic carboxylic acids is 1. The zero-order valence-electron chi connectivity index (χ0n) is 9.79. The topological polar surface area (TPSA) is 40.5 Å². The van der Waals surface area contributed by atoms with E-state index < -0.39 is 5.97 Å². The van der Waals surface area contributed by atoms with E-state index in [9.17, 15) is 4.79 Å². The number of carboxylic acid groups (broad SMARTS) is 1. The van der Waals surface area contributed by atoms with Crippen LogP contribution < -0.4 is 0 Å². The van der Waals surface area contributed by atoms with Crippen LogP contribution in [0, 0.1) is 5.92 Å². The highest BCUT2D eigenvalue weighted by Gasteiger charge is 2.25. The van der Waals surface area contributed by atoms with Gasteiger partial charge < -0.3 is 5.11 Å². The second-order valence-corrected chi connectivity index (χ2v) is 4.21. The van der Waals surface area contributed by atoms with E-state index in [1.54, 1.807) is 0 Å². The van der Waals surface area contributed by atoms with E-state index in [1.807, 2.05) is 25.8 Å². The Hall–Kier alpha value is -0.570. The van der Waals surface area contributed by atoms with Gasteiger partial charge >= 0.3 is 5.97 Å². The zero-order chi connectivity index (χ0) is 11.1. The maximum Gasteiger partial charge on any atom is 0.321 e. The first-order valence-electron chi connectivity index (χ1n) is 5.43. The van der Waals surface area contributed by atoms with Crippen molar-refractivity contribution < 1.29 is 9.90 Å². The van der Waals surface area contributed by atoms with Crippen LogP contribution in [0.3, 0.4) is 0 Å². The quantitative estimate of drug-likeness (QED) is 0.642. The third-order valence-corrected chi connectivity index (χ3v) is 2.47. The van der Waals surface area contributed by atoms with Crippen molar-refractivity contribution in [1.29, 1.82) is 0 Å². The number of rotatable bonds is 7. The number of hydrogen-bond acceptors (Lipinski definition) is 2. The van der Waals surface area contributed by atoms with Gasteiger partial charge in [-0.2, -0.15) is 0 Å². The van der Waals surface area contributed by atoms with E-state index in [2.05, 4.69) is 6.92 Å². The van der Waals surface area contributed by atoms with Gasteiger partial charge in [0, 0.05) is 0 Å². The van der Waals surface area contributed by atoms with Gasteiger partial charge in [-0.25, -0.2) is 0 Å². The van der Waals surface area contributed by atoms with Crippen molar-refractivity contribution in [2.24, 2.45) is 5.92 Å². The predicted octanol–water partition coefficient (Wildman–Crippen LogP) is 2.22. The minimum Gasteiger partial charge on any atom is -0.480 e. The fraction of sp³-hybridized carbons (Fsp3) is 0.909. The molecule has 0 saturated carbocycles. The molecule has 1 unspecified atom stereocenters. The second-order valence-electron chi connectivity index (χ2n) is 4.21. The van der Waals surface area contributed by atoms with Gasteiger partial charge in [-0.1, -0.05) is 33.6 Å². The van der Waals surface area contributed by atoms with E-state index in [4.69, 9.17) is 5.11 Å². The lowest BCUT2D eigenvalue weighted by Gasteiger charge is -2.27. The summed E-state index contributed by atoms with van der Waals surface area (Å²) >= 11 is 0. The minimum absolute atomic E-state index is 0.166. The summed E-state index contributed by atoms with van der Waals surface area (Å²) in [6, 6.07) is -0.341. The predicted molar refractivity (Wildman–Crippen MR) is 58.4 cm³/mol. The third-order valence-electron chi connectivity index (χ3n) is 2.47. The Morgan fingerprint density at radius 1 is 1.36 bits per heavy atom. The van der Waals surface area contributed by atoms with Crippen LogP contribution in [0.25, 0.3) is 0 Å². The standard InChI is InChI=1S/C11H23NO2/c1-5-6-7-8-12(4)10(9(2)3)11(13)14/h9-10H,5-8H2,1-4H3,(H,13,14). The number of carboxylic acids is 1. The molecule has 0 aromatic heterocycles. The van der Waals surface area contributed by atoms with E-state index in [0.717, 1.165) is 13.0 Å². The summed E-state index contributed by atoms with van der Waals surface area (Å²) in [6.45, 7) is 6.93. The molecule has 0 aliphatic carbocycles. The van der Waals surface area contributed by atoms with E-state index in [1.165, 1.54) is 12.8 Å². The molecule has 1 atom stereocenters. The monoisotopic (exact) mass is 201 g/mol. The first kappa shape index (κ1) is 13.4. The first-order valence-corrected chi connectivity index (χ1v) is 5.43. The highest BCUT2D eigenvalue weighted by Crippen LogP contribution is 2.10. The number of carbonyl (C=O) groups is 1. The van der Waals surface area contributed by atoms with Crippen molar-refractivity contribution in [3.8, 4) is 0 Å². The van der Waals surface area contributed by atoms with Crippen LogP contribution in [0.1, 0.15) is 40.0 Å². The van der Waals surface area contributed by atoms with Gasteiger partial charge in [-0.3, -0.25) is 9.69 Å². The maximum absolute atomic E-state index is 11.0. The molecule has 0 radical (unpaired) electrons. The summed E-state index contributed by atoms with van der Waals surface area (Å²) < 4.78 is 0. The molecule has 0 spiro atoms. The van der Waals surface area contributed by atoms with Crippen molar-refractivity contribution >= 4 is 5.97 Å². The highest BCUT2D eigenvalue weighted by molar-refractivity contribution is 5.73. The molecule has 0 aliphatic heterocycles. The zero-order valence-corrected chi connectivity index (χ0v) is 9.79. The molecule has 0 aliphatic rings. The van der Waals surface area contributed by atoms with E-state index >= 15 is 0 Å². The number of unbranched alkanes of at least 4 members (excludes halogenated alkanes) is 2. The SMILES string of the molecule is CCCCCN(C)C(C(=O)O)C(C)C. The van der Waals surface area contributed by atoms with Gasteiger partial charge in [0.1, 0.15) is 6.04 Å². The Labute approximate surface area is 87.1 Å². The lowest BCUT2D eigenvalue weighted by atomic mass is 10.0. The van der Waals surface area contributed by atoms with Crippen LogP contribution in [0.2, 0.25) is 0 Å². The van der Waals surface area contributed by atoms with Gasteiger partial charge in [0.2, 0.25) is 0 Å². The van der Waals surface area contributed by atoms with Crippen LogP contribution in [0.4, 0.5) is 0 Å². The largest absolute Gasteiger partial charge is 0.480 e. The maximum atomic E-state index is 11.0. The van der Waals surface area contributed by atoms with Gasteiger partial charge in [-0.15, -0.1) is 0 Å². The van der Waals surface area contributed by atoms with Crippen molar-refractivity contribution in [3.05, 3.63) is 0 Å². The van der Waals surface area contributed by atoms with Crippen molar-refractivity contribution in [2.45, 2.75) is 46.1 Å². The van der Waals surface area contributed by atoms with Crippen molar-refractivity contribution in [1.82, 2.24) is 4.90 Å². The van der Waals surface area contributed by atoms with E-state index in [0.29, 0.717) is 0 Å². The Bertz CT molecular complexity index is 169. The Morgan fingerprint density at radius 2 is 1.93 bits per heavy atom. The average Bonchev–Trinajstić information content (AvgIpc) is 2.03. The normalized spacial score (nSPS) is 13.6. The smallest absolute Gasteiger partial charge is 0.321 e. The molecule has 3 heteroatoms. The number of nitrogens with zero attached hydrogens (tertiary/aromatic N) is 1. The third kappa shape index (κ3) is 4.61. The molecule has 0 aromatic rings. The summed E-state index contributed by atoms with van der Waals surface area (Å²) in [4.78, 5) is 12.9. The van der Waals surface area contributed by atoms with Crippen molar-refractivity contribution in [3.63, 3.8) is 0 Å². The van der Waals surface area contributed by atoms with Crippen molar-refractivity contribution in [2.75, 3.05) is 13.6 Å². The van der Waals surface area contributed by atoms with Crippen LogP contribution in [-0.4, -0.2) is 35.6 Å². The molecular weight excluding hydrogens is 178 g/mol. The molecule has 0 bridgehead atoms. The van der Waals surface area contributed by atoms with Crippen LogP contribution in [0.15, 0.2) is 0 Å². The molecule has 0 fully saturated rings. The average molecular weight is 201 g/mol. The molecule has 0 aromatic carbocycles. The highest BCUT2D eigenvalue weighted by atomic mass is 16.4. The van der Waals surface area contributed by atoms with Crippen LogP contribution in [0.5, 0.6) is 0 Å². The molecular formula is C11H23NO2. The fourth-order valence-electron chi connectivity index (χ4n) is 1.73.